The molecule has 0 heterocycles. The van der Waals surface area contributed by atoms with Gasteiger partial charge in [0.25, 0.3) is 0 Å². The fraction of sp³-hybridized carbons (Fsp3) is 0.0769. The van der Waals surface area contributed by atoms with Crippen molar-refractivity contribution in [1.29, 1.82) is 0 Å². The molecule has 0 saturated carbocycles. The molecule has 0 unspecified atom stereocenters. The van der Waals surface area contributed by atoms with Crippen molar-refractivity contribution in [3.63, 3.8) is 0 Å². The molecule has 0 bridgehead atoms. The zero-order valence-electron chi connectivity index (χ0n) is 8.63. The normalized spacial score (nSPS) is 10.9. The van der Waals surface area contributed by atoms with Gasteiger partial charge in [0.1, 0.15) is 4.84 Å². The highest BCUT2D eigenvalue weighted by Crippen LogP contribution is 2.40. The van der Waals surface area contributed by atoms with E-state index in [0.717, 1.165) is 25.6 Å². The number of alkyl halides is 2. The number of hydrogen-bond acceptors (Lipinski definition) is 0. The van der Waals surface area contributed by atoms with Crippen LogP contribution in [0.5, 0.6) is 0 Å². The van der Waals surface area contributed by atoms with E-state index in [1.165, 1.54) is 0 Å². The summed E-state index contributed by atoms with van der Waals surface area (Å²) < 4.78 is 1.94. The second kappa shape index (κ2) is 5.75. The van der Waals surface area contributed by atoms with Crippen molar-refractivity contribution in [2.24, 2.45) is 0 Å². The van der Waals surface area contributed by atoms with Crippen LogP contribution in [0.15, 0.2) is 51.4 Å². The van der Waals surface area contributed by atoms with Crippen LogP contribution in [0.3, 0.4) is 0 Å². The molecule has 0 aliphatic rings. The van der Waals surface area contributed by atoms with Crippen LogP contribution in [0.2, 0.25) is 0 Å². The Kier molecular flexibility index (Phi) is 4.53. The van der Waals surface area contributed by atoms with Gasteiger partial charge in [0.05, 0.1) is 0 Å². The molecule has 0 spiro atoms. The summed E-state index contributed by atoms with van der Waals surface area (Å²) in [6.45, 7) is 0. The van der Waals surface area contributed by atoms with Gasteiger partial charge in [0.2, 0.25) is 0 Å². The smallest absolute Gasteiger partial charge is 0.1000 e. The summed E-state index contributed by atoms with van der Waals surface area (Å²) in [5.41, 5.74) is 3.00. The minimum atomic E-state index is -0.562. The van der Waals surface area contributed by atoms with Crippen LogP contribution < -0.4 is 0 Å². The van der Waals surface area contributed by atoms with Crippen molar-refractivity contribution >= 4 is 55.1 Å². The molecule has 0 fully saturated rings. The summed E-state index contributed by atoms with van der Waals surface area (Å²) in [5.74, 6) is 0. The Labute approximate surface area is 127 Å². The molecule has 4 heteroatoms. The van der Waals surface area contributed by atoms with Crippen LogP contribution >= 0.6 is 55.1 Å². The maximum absolute atomic E-state index is 6.04. The predicted molar refractivity (Wildman–Crippen MR) is 81.7 cm³/mol. The third-order valence-corrected chi connectivity index (χ3v) is 4.25. The van der Waals surface area contributed by atoms with Gasteiger partial charge in [-0.1, -0.05) is 85.4 Å². The van der Waals surface area contributed by atoms with Crippen LogP contribution in [0.25, 0.3) is 11.1 Å². The highest BCUT2D eigenvalue weighted by molar-refractivity contribution is 9.11. The van der Waals surface area contributed by atoms with Gasteiger partial charge in [0, 0.05) is 14.5 Å². The summed E-state index contributed by atoms with van der Waals surface area (Å²) in [5, 5.41) is 0. The lowest BCUT2D eigenvalue weighted by molar-refractivity contribution is 1.32. The van der Waals surface area contributed by atoms with E-state index in [4.69, 9.17) is 23.2 Å². The number of rotatable bonds is 2. The standard InChI is InChI=1S/C13H8Br2Cl2/c14-10-6-2-1-4-8(10)9-5-3-7-11(15)12(9)13(16)17/h1-7,13H. The lowest BCUT2D eigenvalue weighted by Crippen LogP contribution is -1.91. The average Bonchev–Trinajstić information content (AvgIpc) is 2.28. The topological polar surface area (TPSA) is 0 Å². The number of benzene rings is 2. The van der Waals surface area contributed by atoms with Gasteiger partial charge in [-0.05, 0) is 23.3 Å². The van der Waals surface area contributed by atoms with Gasteiger partial charge in [-0.25, -0.2) is 0 Å². The predicted octanol–water partition coefficient (Wildman–Crippen LogP) is 6.35. The molecule has 0 aromatic heterocycles. The van der Waals surface area contributed by atoms with Gasteiger partial charge in [-0.3, -0.25) is 0 Å². The molecule has 2 rings (SSSR count). The Morgan fingerprint density at radius 2 is 1.35 bits per heavy atom. The van der Waals surface area contributed by atoms with Gasteiger partial charge < -0.3 is 0 Å². The van der Waals surface area contributed by atoms with Crippen LogP contribution in [0, 0.1) is 0 Å². The van der Waals surface area contributed by atoms with E-state index in [0.29, 0.717) is 0 Å². The van der Waals surface area contributed by atoms with Crippen LogP contribution in [0.1, 0.15) is 10.4 Å². The Morgan fingerprint density at radius 3 is 2.00 bits per heavy atom. The first-order chi connectivity index (χ1) is 8.11. The summed E-state index contributed by atoms with van der Waals surface area (Å²) in [7, 11) is 0. The molecule has 0 aliphatic carbocycles. The van der Waals surface area contributed by atoms with E-state index >= 15 is 0 Å². The van der Waals surface area contributed by atoms with Gasteiger partial charge in [-0.15, -0.1) is 0 Å². The summed E-state index contributed by atoms with van der Waals surface area (Å²) in [6, 6.07) is 13.9. The molecule has 2 aromatic rings. The van der Waals surface area contributed by atoms with Crippen LogP contribution in [-0.2, 0) is 0 Å². The minimum absolute atomic E-state index is 0.562. The molecule has 88 valence electrons. The molecule has 17 heavy (non-hydrogen) atoms. The van der Waals surface area contributed by atoms with Gasteiger partial charge >= 0.3 is 0 Å². The first-order valence-corrected chi connectivity index (χ1v) is 7.38. The first-order valence-electron chi connectivity index (χ1n) is 4.92. The van der Waals surface area contributed by atoms with Crippen molar-refractivity contribution in [2.75, 3.05) is 0 Å². The average molecular weight is 395 g/mol. The summed E-state index contributed by atoms with van der Waals surface area (Å²) in [6.07, 6.45) is 0. The molecule has 0 atom stereocenters. The number of halogens is 4. The van der Waals surface area contributed by atoms with Gasteiger partial charge in [-0.2, -0.15) is 0 Å². The van der Waals surface area contributed by atoms with Crippen LogP contribution in [0.4, 0.5) is 0 Å². The highest BCUT2D eigenvalue weighted by atomic mass is 79.9. The van der Waals surface area contributed by atoms with Gasteiger partial charge in [0.15, 0.2) is 0 Å². The Hall–Kier alpha value is -0.0200. The molecule has 0 radical (unpaired) electrons. The van der Waals surface area contributed by atoms with E-state index < -0.39 is 4.84 Å². The first kappa shape index (κ1) is 13.4. The molecule has 0 saturated heterocycles. The van der Waals surface area contributed by atoms with E-state index in [1.807, 2.05) is 42.5 Å². The molecule has 0 nitrogen and oxygen atoms in total. The van der Waals surface area contributed by atoms with Crippen molar-refractivity contribution < 1.29 is 0 Å². The third-order valence-electron chi connectivity index (χ3n) is 2.44. The molecule has 2 aromatic carbocycles. The quantitative estimate of drug-likeness (QED) is 0.520. The monoisotopic (exact) mass is 392 g/mol. The molecular weight excluding hydrogens is 387 g/mol. The van der Waals surface area contributed by atoms with Crippen molar-refractivity contribution in [2.45, 2.75) is 4.84 Å². The fourth-order valence-electron chi connectivity index (χ4n) is 1.67. The maximum Gasteiger partial charge on any atom is 0.134 e. The van der Waals surface area contributed by atoms with E-state index in [-0.39, 0.29) is 0 Å². The Balaban J connectivity index is 2.68. The zero-order valence-corrected chi connectivity index (χ0v) is 13.3. The van der Waals surface area contributed by atoms with Crippen molar-refractivity contribution in [3.8, 4) is 11.1 Å². The minimum Gasteiger partial charge on any atom is -0.1000 e. The fourth-order valence-corrected chi connectivity index (χ4v) is 3.50. The number of hydrogen-bond donors (Lipinski definition) is 0. The zero-order chi connectivity index (χ0) is 12.4. The van der Waals surface area contributed by atoms with E-state index in [1.54, 1.807) is 0 Å². The van der Waals surface area contributed by atoms with E-state index in [2.05, 4.69) is 31.9 Å². The molecular formula is C13H8Br2Cl2. The Morgan fingerprint density at radius 1 is 0.765 bits per heavy atom. The maximum atomic E-state index is 6.04. The largest absolute Gasteiger partial charge is 0.134 e. The molecule has 0 N–H and O–H groups in total. The molecule has 0 amide bonds. The van der Waals surface area contributed by atoms with Crippen molar-refractivity contribution in [1.82, 2.24) is 0 Å². The summed E-state index contributed by atoms with van der Waals surface area (Å²) in [4.78, 5) is -0.562. The second-order valence-corrected chi connectivity index (χ2v) is 6.29. The van der Waals surface area contributed by atoms with Crippen molar-refractivity contribution in [3.05, 3.63) is 57.0 Å². The lowest BCUT2D eigenvalue weighted by atomic mass is 10.0. The second-order valence-electron chi connectivity index (χ2n) is 3.48. The summed E-state index contributed by atoms with van der Waals surface area (Å²) >= 11 is 19.1. The lowest BCUT2D eigenvalue weighted by Gasteiger charge is -2.13. The van der Waals surface area contributed by atoms with E-state index in [9.17, 15) is 0 Å². The highest BCUT2D eigenvalue weighted by Gasteiger charge is 2.16. The SMILES string of the molecule is ClC(Cl)c1c(Br)cccc1-c1ccccc1Br. The third kappa shape index (κ3) is 2.87. The van der Waals surface area contributed by atoms with Crippen LogP contribution in [-0.4, -0.2) is 0 Å². The Bertz CT molecular complexity index is 539. The molecule has 0 aliphatic heterocycles.